The normalized spacial score (nSPS) is 20.2. The van der Waals surface area contributed by atoms with E-state index in [4.69, 9.17) is 10.5 Å². The predicted molar refractivity (Wildman–Crippen MR) is 67.3 cm³/mol. The Morgan fingerprint density at radius 3 is 2.83 bits per heavy atom. The first-order valence-corrected chi connectivity index (χ1v) is 7.64. The molecule has 18 heavy (non-hydrogen) atoms. The molecule has 1 aromatic rings. The van der Waals surface area contributed by atoms with E-state index in [1.807, 2.05) is 0 Å². The Hall–Kier alpha value is -1.14. The fourth-order valence-corrected chi connectivity index (χ4v) is 3.67. The molecular weight excluding hydrogens is 257 g/mol. The summed E-state index contributed by atoms with van der Waals surface area (Å²) in [5.41, 5.74) is 5.78. The first-order valence-electron chi connectivity index (χ1n) is 5.82. The van der Waals surface area contributed by atoms with Crippen molar-refractivity contribution in [3.8, 4) is 0 Å². The molecule has 1 aliphatic heterocycles. The summed E-state index contributed by atoms with van der Waals surface area (Å²) in [6.07, 6.45) is 1.46. The van der Waals surface area contributed by atoms with E-state index in [2.05, 4.69) is 0 Å². The molecule has 0 amide bonds. The van der Waals surface area contributed by atoms with Gasteiger partial charge in [0.25, 0.3) is 0 Å². The number of halogens is 1. The van der Waals surface area contributed by atoms with Crippen molar-refractivity contribution in [2.75, 3.05) is 18.1 Å². The fourth-order valence-electron chi connectivity index (χ4n) is 2.03. The molecule has 1 heterocycles. The summed E-state index contributed by atoms with van der Waals surface area (Å²) in [4.78, 5) is 0. The highest BCUT2D eigenvalue weighted by Gasteiger charge is 2.23. The molecule has 0 spiro atoms. The summed E-state index contributed by atoms with van der Waals surface area (Å²) < 4.78 is 42.3. The fraction of sp³-hybridized carbons (Fsp3) is 0.500. The van der Waals surface area contributed by atoms with Gasteiger partial charge in [-0.05, 0) is 30.5 Å². The Bertz CT molecular complexity index is 524. The first-order chi connectivity index (χ1) is 8.46. The van der Waals surface area contributed by atoms with Crippen LogP contribution in [0.15, 0.2) is 18.2 Å². The number of benzene rings is 1. The Morgan fingerprint density at radius 1 is 1.44 bits per heavy atom. The summed E-state index contributed by atoms with van der Waals surface area (Å²) in [6, 6.07) is 4.08. The number of hydrogen-bond donors (Lipinski definition) is 1. The number of sulfone groups is 1. The van der Waals surface area contributed by atoms with Crippen molar-refractivity contribution in [2.24, 2.45) is 0 Å². The average Bonchev–Trinajstić information content (AvgIpc) is 2.75. The smallest absolute Gasteiger partial charge is 0.156 e. The molecule has 1 fully saturated rings. The van der Waals surface area contributed by atoms with Crippen LogP contribution < -0.4 is 5.73 Å². The predicted octanol–water partition coefficient (Wildman–Crippen LogP) is 1.50. The number of anilines is 1. The molecule has 0 radical (unpaired) electrons. The molecule has 0 bridgehead atoms. The topological polar surface area (TPSA) is 69.4 Å². The van der Waals surface area contributed by atoms with Crippen LogP contribution in [0.3, 0.4) is 0 Å². The Balaban J connectivity index is 2.04. The van der Waals surface area contributed by atoms with Gasteiger partial charge in [0, 0.05) is 6.61 Å². The summed E-state index contributed by atoms with van der Waals surface area (Å²) in [5, 5.41) is 0. The zero-order chi connectivity index (χ0) is 13.2. The zero-order valence-electron chi connectivity index (χ0n) is 9.93. The molecule has 0 aliphatic carbocycles. The minimum absolute atomic E-state index is 0.000997. The van der Waals surface area contributed by atoms with Crippen LogP contribution in [0, 0.1) is 5.82 Å². The molecule has 1 atom stereocenters. The Labute approximate surface area is 106 Å². The van der Waals surface area contributed by atoms with Crippen LogP contribution in [0.2, 0.25) is 0 Å². The third-order valence-electron chi connectivity index (χ3n) is 2.92. The molecule has 1 aromatic carbocycles. The van der Waals surface area contributed by atoms with Gasteiger partial charge in [-0.3, -0.25) is 0 Å². The minimum Gasteiger partial charge on any atom is -0.396 e. The molecule has 100 valence electrons. The summed E-state index contributed by atoms with van der Waals surface area (Å²) in [6.45, 7) is 0.622. The zero-order valence-corrected chi connectivity index (χ0v) is 10.7. The minimum atomic E-state index is -3.28. The van der Waals surface area contributed by atoms with Gasteiger partial charge in [-0.2, -0.15) is 0 Å². The van der Waals surface area contributed by atoms with Crippen molar-refractivity contribution >= 4 is 15.5 Å². The van der Waals surface area contributed by atoms with E-state index in [0.29, 0.717) is 12.2 Å². The first kappa shape index (κ1) is 13.3. The molecule has 1 aliphatic rings. The van der Waals surface area contributed by atoms with E-state index in [1.54, 1.807) is 0 Å². The molecule has 6 heteroatoms. The lowest BCUT2D eigenvalue weighted by Gasteiger charge is -2.10. The van der Waals surface area contributed by atoms with Gasteiger partial charge in [-0.15, -0.1) is 0 Å². The van der Waals surface area contributed by atoms with Crippen LogP contribution in [-0.4, -0.2) is 26.9 Å². The molecule has 0 aromatic heterocycles. The van der Waals surface area contributed by atoms with Gasteiger partial charge in [0.05, 0.1) is 23.3 Å². The van der Waals surface area contributed by atoms with Gasteiger partial charge in [0.1, 0.15) is 5.82 Å². The monoisotopic (exact) mass is 273 g/mol. The Kier molecular flexibility index (Phi) is 3.87. The van der Waals surface area contributed by atoms with Crippen molar-refractivity contribution in [2.45, 2.75) is 24.7 Å². The van der Waals surface area contributed by atoms with E-state index in [-0.39, 0.29) is 23.3 Å². The van der Waals surface area contributed by atoms with Crippen molar-refractivity contribution < 1.29 is 17.5 Å². The maximum atomic E-state index is 13.2. The van der Waals surface area contributed by atoms with E-state index in [1.165, 1.54) is 18.2 Å². The van der Waals surface area contributed by atoms with Crippen LogP contribution in [0.5, 0.6) is 0 Å². The molecule has 0 saturated carbocycles. The van der Waals surface area contributed by atoms with Crippen LogP contribution >= 0.6 is 0 Å². The van der Waals surface area contributed by atoms with Crippen molar-refractivity contribution in [3.63, 3.8) is 0 Å². The second kappa shape index (κ2) is 5.24. The van der Waals surface area contributed by atoms with E-state index < -0.39 is 15.7 Å². The number of hydrogen-bond acceptors (Lipinski definition) is 4. The molecule has 4 nitrogen and oxygen atoms in total. The number of nitrogens with two attached hydrogens (primary N) is 1. The van der Waals surface area contributed by atoms with Crippen molar-refractivity contribution in [1.29, 1.82) is 0 Å². The maximum absolute atomic E-state index is 13.2. The van der Waals surface area contributed by atoms with Gasteiger partial charge >= 0.3 is 0 Å². The second-order valence-electron chi connectivity index (χ2n) is 4.55. The van der Waals surface area contributed by atoms with Crippen LogP contribution in [-0.2, 0) is 20.3 Å². The standard InChI is InChI=1S/C12H16FNO3S/c13-11-6-9(3-4-12(11)14)7-18(15,16)8-10-2-1-5-17-10/h3-4,6,10H,1-2,5,7-8,14H2. The Morgan fingerprint density at radius 2 is 2.22 bits per heavy atom. The highest BCUT2D eigenvalue weighted by molar-refractivity contribution is 7.90. The second-order valence-corrected chi connectivity index (χ2v) is 6.65. The average molecular weight is 273 g/mol. The number of ether oxygens (including phenoxy) is 1. The van der Waals surface area contributed by atoms with Gasteiger partial charge in [0.15, 0.2) is 9.84 Å². The summed E-state index contributed by atoms with van der Waals surface area (Å²) in [7, 11) is -3.28. The summed E-state index contributed by atoms with van der Waals surface area (Å²) in [5.74, 6) is -0.761. The third-order valence-corrected chi connectivity index (χ3v) is 4.57. The largest absolute Gasteiger partial charge is 0.396 e. The van der Waals surface area contributed by atoms with Crippen molar-refractivity contribution in [1.82, 2.24) is 0 Å². The van der Waals surface area contributed by atoms with Crippen LogP contribution in [0.4, 0.5) is 10.1 Å². The summed E-state index contributed by atoms with van der Waals surface area (Å²) >= 11 is 0. The van der Waals surface area contributed by atoms with Crippen LogP contribution in [0.1, 0.15) is 18.4 Å². The third kappa shape index (κ3) is 3.43. The highest BCUT2D eigenvalue weighted by Crippen LogP contribution is 2.18. The lowest BCUT2D eigenvalue weighted by Crippen LogP contribution is -2.21. The van der Waals surface area contributed by atoms with E-state index >= 15 is 0 Å². The number of rotatable bonds is 4. The number of nitrogen functional groups attached to an aromatic ring is 1. The van der Waals surface area contributed by atoms with Gasteiger partial charge < -0.3 is 10.5 Å². The molecule has 2 rings (SSSR count). The lowest BCUT2D eigenvalue weighted by atomic mass is 10.2. The van der Waals surface area contributed by atoms with E-state index in [9.17, 15) is 12.8 Å². The molecular formula is C12H16FNO3S. The maximum Gasteiger partial charge on any atom is 0.156 e. The van der Waals surface area contributed by atoms with Crippen molar-refractivity contribution in [3.05, 3.63) is 29.6 Å². The van der Waals surface area contributed by atoms with Gasteiger partial charge in [0.2, 0.25) is 0 Å². The van der Waals surface area contributed by atoms with Crippen LogP contribution in [0.25, 0.3) is 0 Å². The van der Waals surface area contributed by atoms with Gasteiger partial charge in [-0.25, -0.2) is 12.8 Å². The highest BCUT2D eigenvalue weighted by atomic mass is 32.2. The molecule has 1 unspecified atom stereocenters. The SMILES string of the molecule is Nc1ccc(CS(=O)(=O)CC2CCCO2)cc1F. The quantitative estimate of drug-likeness (QED) is 0.844. The van der Waals surface area contributed by atoms with Gasteiger partial charge in [-0.1, -0.05) is 6.07 Å². The molecule has 1 saturated heterocycles. The van der Waals surface area contributed by atoms with E-state index in [0.717, 1.165) is 12.8 Å². The molecule has 2 N–H and O–H groups in total. The lowest BCUT2D eigenvalue weighted by molar-refractivity contribution is 0.127.